The molecule has 1 N–H and O–H groups in total. The van der Waals surface area contributed by atoms with Gasteiger partial charge in [0.05, 0.1) is 0 Å². The van der Waals surface area contributed by atoms with Gasteiger partial charge in [0.15, 0.2) is 0 Å². The Labute approximate surface area is 80.8 Å². The van der Waals surface area contributed by atoms with Crippen LogP contribution in [0.25, 0.3) is 0 Å². The molecule has 0 aliphatic rings. The van der Waals surface area contributed by atoms with Crippen molar-refractivity contribution in [1.82, 2.24) is 5.32 Å². The van der Waals surface area contributed by atoms with E-state index in [0.717, 1.165) is 19.3 Å². The van der Waals surface area contributed by atoms with E-state index in [1.807, 2.05) is 0 Å². The van der Waals surface area contributed by atoms with Crippen LogP contribution in [0.4, 0.5) is 0 Å². The van der Waals surface area contributed by atoms with E-state index in [2.05, 4.69) is 19.2 Å². The molecule has 0 aromatic carbocycles. The number of hydrogen-bond acceptors (Lipinski definition) is 2. The zero-order valence-corrected chi connectivity index (χ0v) is 9.09. The quantitative estimate of drug-likeness (QED) is 0.687. The molecule has 0 aromatic heterocycles. The van der Waals surface area contributed by atoms with E-state index in [1.54, 1.807) is 14.0 Å². The fourth-order valence-electron chi connectivity index (χ4n) is 1.15. The maximum atomic E-state index is 11.4. The van der Waals surface area contributed by atoms with Gasteiger partial charge in [0.1, 0.15) is 6.10 Å². The Bertz CT molecular complexity index is 148. The van der Waals surface area contributed by atoms with Gasteiger partial charge in [0.25, 0.3) is 0 Å². The van der Waals surface area contributed by atoms with Crippen LogP contribution >= 0.6 is 0 Å². The minimum atomic E-state index is -0.342. The number of nitrogens with one attached hydrogen (secondary N) is 1. The maximum absolute atomic E-state index is 11.4. The van der Waals surface area contributed by atoms with E-state index < -0.39 is 0 Å². The summed E-state index contributed by atoms with van der Waals surface area (Å²) in [6, 6.07) is 0.301. The lowest BCUT2D eigenvalue weighted by molar-refractivity contribution is -0.130. The van der Waals surface area contributed by atoms with Crippen LogP contribution in [0.5, 0.6) is 0 Å². The molecule has 3 nitrogen and oxygen atoms in total. The van der Waals surface area contributed by atoms with Crippen molar-refractivity contribution in [2.45, 2.75) is 52.2 Å². The van der Waals surface area contributed by atoms with Crippen molar-refractivity contribution in [2.75, 3.05) is 7.11 Å². The van der Waals surface area contributed by atoms with Crippen LogP contribution in [0.15, 0.2) is 0 Å². The van der Waals surface area contributed by atoms with Gasteiger partial charge in [-0.3, -0.25) is 4.79 Å². The number of amides is 1. The van der Waals surface area contributed by atoms with E-state index in [9.17, 15) is 4.79 Å². The lowest BCUT2D eigenvalue weighted by Crippen LogP contribution is -2.40. The molecular weight excluding hydrogens is 166 g/mol. The summed E-state index contributed by atoms with van der Waals surface area (Å²) >= 11 is 0. The molecule has 0 aromatic rings. The zero-order chi connectivity index (χ0) is 10.3. The standard InChI is InChI=1S/C10H21NO2/c1-5-7-9(6-2)11-10(12)8(3)13-4/h8-9H,5-7H2,1-4H3,(H,11,12). The Hall–Kier alpha value is -0.570. The second-order valence-electron chi connectivity index (χ2n) is 3.28. The third kappa shape index (κ3) is 4.88. The molecule has 0 bridgehead atoms. The monoisotopic (exact) mass is 187 g/mol. The van der Waals surface area contributed by atoms with Crippen molar-refractivity contribution in [2.24, 2.45) is 0 Å². The minimum absolute atomic E-state index is 0.0113. The van der Waals surface area contributed by atoms with Crippen molar-refractivity contribution >= 4 is 5.91 Å². The van der Waals surface area contributed by atoms with Gasteiger partial charge in [-0.2, -0.15) is 0 Å². The molecular formula is C10H21NO2. The molecule has 0 saturated carbocycles. The number of methoxy groups -OCH3 is 1. The highest BCUT2D eigenvalue weighted by Crippen LogP contribution is 2.01. The Kier molecular flexibility index (Phi) is 6.59. The van der Waals surface area contributed by atoms with Gasteiger partial charge in [0, 0.05) is 13.2 Å². The van der Waals surface area contributed by atoms with Crippen LogP contribution in [0, 0.1) is 0 Å². The Morgan fingerprint density at radius 2 is 2.08 bits per heavy atom. The molecule has 0 fully saturated rings. The third-order valence-corrected chi connectivity index (χ3v) is 2.20. The summed E-state index contributed by atoms with van der Waals surface area (Å²) in [6.45, 7) is 5.96. The van der Waals surface area contributed by atoms with Gasteiger partial charge in [-0.25, -0.2) is 0 Å². The SMILES string of the molecule is CCCC(CC)NC(=O)C(C)OC. The topological polar surface area (TPSA) is 38.3 Å². The fraction of sp³-hybridized carbons (Fsp3) is 0.900. The van der Waals surface area contributed by atoms with Gasteiger partial charge in [-0.15, -0.1) is 0 Å². The van der Waals surface area contributed by atoms with E-state index >= 15 is 0 Å². The van der Waals surface area contributed by atoms with Crippen LogP contribution in [0.1, 0.15) is 40.0 Å². The van der Waals surface area contributed by atoms with E-state index in [0.29, 0.717) is 6.04 Å². The highest BCUT2D eigenvalue weighted by Gasteiger charge is 2.14. The van der Waals surface area contributed by atoms with Gasteiger partial charge >= 0.3 is 0 Å². The molecule has 0 aliphatic heterocycles. The molecule has 0 rings (SSSR count). The Balaban J connectivity index is 3.85. The predicted molar refractivity (Wildman–Crippen MR) is 53.6 cm³/mol. The van der Waals surface area contributed by atoms with Crippen molar-refractivity contribution in [3.05, 3.63) is 0 Å². The lowest BCUT2D eigenvalue weighted by Gasteiger charge is -2.18. The van der Waals surface area contributed by atoms with Crippen LogP contribution in [-0.4, -0.2) is 25.2 Å². The lowest BCUT2D eigenvalue weighted by atomic mass is 10.1. The second kappa shape index (κ2) is 6.89. The molecule has 78 valence electrons. The van der Waals surface area contributed by atoms with E-state index in [4.69, 9.17) is 4.74 Å². The zero-order valence-electron chi connectivity index (χ0n) is 9.09. The van der Waals surface area contributed by atoms with Crippen molar-refractivity contribution in [1.29, 1.82) is 0 Å². The first-order chi connectivity index (χ1) is 6.15. The highest BCUT2D eigenvalue weighted by atomic mass is 16.5. The van der Waals surface area contributed by atoms with Crippen molar-refractivity contribution in [3.63, 3.8) is 0 Å². The van der Waals surface area contributed by atoms with Gasteiger partial charge in [-0.05, 0) is 19.8 Å². The largest absolute Gasteiger partial charge is 0.372 e. The van der Waals surface area contributed by atoms with Gasteiger partial charge < -0.3 is 10.1 Å². The molecule has 2 atom stereocenters. The summed E-state index contributed by atoms with van der Waals surface area (Å²) < 4.78 is 4.92. The first-order valence-corrected chi connectivity index (χ1v) is 4.98. The highest BCUT2D eigenvalue weighted by molar-refractivity contribution is 5.80. The van der Waals surface area contributed by atoms with E-state index in [-0.39, 0.29) is 12.0 Å². The number of rotatable bonds is 6. The van der Waals surface area contributed by atoms with Crippen molar-refractivity contribution < 1.29 is 9.53 Å². The molecule has 0 radical (unpaired) electrons. The number of hydrogen-bond donors (Lipinski definition) is 1. The minimum Gasteiger partial charge on any atom is -0.372 e. The van der Waals surface area contributed by atoms with Crippen LogP contribution in [0.2, 0.25) is 0 Å². The number of carbonyl (C=O) groups excluding carboxylic acids is 1. The normalized spacial score (nSPS) is 15.1. The van der Waals surface area contributed by atoms with Crippen LogP contribution in [0.3, 0.4) is 0 Å². The average Bonchev–Trinajstić information content (AvgIpc) is 2.15. The summed E-state index contributed by atoms with van der Waals surface area (Å²) in [7, 11) is 1.55. The summed E-state index contributed by atoms with van der Waals surface area (Å²) in [4.78, 5) is 11.4. The molecule has 0 aliphatic carbocycles. The summed E-state index contributed by atoms with van der Waals surface area (Å²) in [5, 5.41) is 2.95. The summed E-state index contributed by atoms with van der Waals surface area (Å²) in [5.41, 5.74) is 0. The molecule has 13 heavy (non-hydrogen) atoms. The molecule has 1 amide bonds. The van der Waals surface area contributed by atoms with E-state index in [1.165, 1.54) is 0 Å². The second-order valence-corrected chi connectivity index (χ2v) is 3.28. The molecule has 0 saturated heterocycles. The van der Waals surface area contributed by atoms with Gasteiger partial charge in [0.2, 0.25) is 5.91 Å². The average molecular weight is 187 g/mol. The summed E-state index contributed by atoms with van der Waals surface area (Å²) in [6.07, 6.45) is 2.78. The first kappa shape index (κ1) is 12.4. The fourth-order valence-corrected chi connectivity index (χ4v) is 1.15. The number of carbonyl (C=O) groups is 1. The van der Waals surface area contributed by atoms with Crippen molar-refractivity contribution in [3.8, 4) is 0 Å². The molecule has 2 unspecified atom stereocenters. The van der Waals surface area contributed by atoms with Crippen LogP contribution in [-0.2, 0) is 9.53 Å². The smallest absolute Gasteiger partial charge is 0.249 e. The number of ether oxygens (including phenoxy) is 1. The maximum Gasteiger partial charge on any atom is 0.249 e. The van der Waals surface area contributed by atoms with Gasteiger partial charge in [-0.1, -0.05) is 20.3 Å². The Morgan fingerprint density at radius 1 is 1.46 bits per heavy atom. The third-order valence-electron chi connectivity index (χ3n) is 2.20. The Morgan fingerprint density at radius 3 is 2.46 bits per heavy atom. The molecule has 0 heterocycles. The van der Waals surface area contributed by atoms with Crippen LogP contribution < -0.4 is 5.32 Å². The first-order valence-electron chi connectivity index (χ1n) is 4.98. The molecule has 3 heteroatoms. The molecule has 0 spiro atoms. The summed E-state index contributed by atoms with van der Waals surface area (Å²) in [5.74, 6) is -0.0113. The predicted octanol–water partition coefficient (Wildman–Crippen LogP) is 1.72.